The molecule has 0 aliphatic rings. The van der Waals surface area contributed by atoms with Crippen molar-refractivity contribution in [2.24, 2.45) is 0 Å². The third-order valence-corrected chi connectivity index (χ3v) is 4.62. The molecular weight excluding hydrogens is 325 g/mol. The molecular formula is C17H13F3O2S. The van der Waals surface area contributed by atoms with E-state index in [0.717, 1.165) is 23.3 Å². The van der Waals surface area contributed by atoms with Gasteiger partial charge in [-0.3, -0.25) is 0 Å². The first-order valence-corrected chi connectivity index (χ1v) is 8.14. The van der Waals surface area contributed by atoms with Crippen molar-refractivity contribution < 1.29 is 21.6 Å². The van der Waals surface area contributed by atoms with Gasteiger partial charge in [-0.1, -0.05) is 41.7 Å². The fourth-order valence-corrected chi connectivity index (χ4v) is 2.57. The first-order chi connectivity index (χ1) is 10.7. The van der Waals surface area contributed by atoms with Gasteiger partial charge in [0, 0.05) is 12.0 Å². The summed E-state index contributed by atoms with van der Waals surface area (Å²) in [5.74, 6) is 5.85. The Balaban J connectivity index is 2.11. The standard InChI is InChI=1S/C17H13F3O2S/c1-13-5-7-14(8-6-13)3-2-4-15-9-11-16(12-10-15)23(21,22)17(18,19)20/h5-12H,4H2,1H3. The van der Waals surface area contributed by atoms with E-state index in [1.54, 1.807) is 0 Å². The van der Waals surface area contributed by atoms with E-state index in [2.05, 4.69) is 11.8 Å². The van der Waals surface area contributed by atoms with Crippen LogP contribution in [0.1, 0.15) is 16.7 Å². The Bertz CT molecular complexity index is 838. The Morgan fingerprint density at radius 2 is 1.52 bits per heavy atom. The number of benzene rings is 2. The largest absolute Gasteiger partial charge is 0.501 e. The first kappa shape index (κ1) is 17.1. The van der Waals surface area contributed by atoms with Crippen LogP contribution in [0.25, 0.3) is 0 Å². The summed E-state index contributed by atoms with van der Waals surface area (Å²) in [5.41, 5.74) is -2.69. The highest BCUT2D eigenvalue weighted by Crippen LogP contribution is 2.30. The minimum absolute atomic E-state index is 0.320. The molecule has 0 fully saturated rings. The number of halogens is 3. The van der Waals surface area contributed by atoms with Crippen molar-refractivity contribution in [1.29, 1.82) is 0 Å². The van der Waals surface area contributed by atoms with E-state index in [1.165, 1.54) is 12.1 Å². The fraction of sp³-hybridized carbons (Fsp3) is 0.176. The van der Waals surface area contributed by atoms with E-state index < -0.39 is 20.2 Å². The van der Waals surface area contributed by atoms with Gasteiger partial charge < -0.3 is 0 Å². The molecule has 0 saturated carbocycles. The summed E-state index contributed by atoms with van der Waals surface area (Å²) in [6, 6.07) is 12.2. The molecule has 2 nitrogen and oxygen atoms in total. The maximum Gasteiger partial charge on any atom is 0.501 e. The van der Waals surface area contributed by atoms with E-state index in [0.29, 0.717) is 12.0 Å². The van der Waals surface area contributed by atoms with Crippen LogP contribution in [0.15, 0.2) is 53.4 Å². The van der Waals surface area contributed by atoms with Crippen molar-refractivity contribution in [3.63, 3.8) is 0 Å². The lowest BCUT2D eigenvalue weighted by atomic mass is 10.1. The molecule has 0 bridgehead atoms. The number of alkyl halides is 3. The Hall–Kier alpha value is -2.26. The number of aryl methyl sites for hydroxylation is 1. The Labute approximate surface area is 132 Å². The van der Waals surface area contributed by atoms with Crippen molar-refractivity contribution in [3.05, 3.63) is 65.2 Å². The van der Waals surface area contributed by atoms with Crippen LogP contribution in [-0.2, 0) is 16.3 Å². The van der Waals surface area contributed by atoms with Gasteiger partial charge in [0.25, 0.3) is 9.84 Å². The van der Waals surface area contributed by atoms with Crippen molar-refractivity contribution in [2.75, 3.05) is 0 Å². The molecule has 2 aromatic carbocycles. The van der Waals surface area contributed by atoms with Gasteiger partial charge in [0.05, 0.1) is 4.90 Å². The molecule has 23 heavy (non-hydrogen) atoms. The lowest BCUT2D eigenvalue weighted by Crippen LogP contribution is -2.23. The normalized spacial score (nSPS) is 11.7. The number of hydrogen-bond donors (Lipinski definition) is 0. The molecule has 0 radical (unpaired) electrons. The molecule has 0 aromatic heterocycles. The summed E-state index contributed by atoms with van der Waals surface area (Å²) in [5, 5.41) is 0. The van der Waals surface area contributed by atoms with E-state index in [-0.39, 0.29) is 0 Å². The van der Waals surface area contributed by atoms with Gasteiger partial charge in [-0.15, -0.1) is 0 Å². The molecule has 0 heterocycles. The summed E-state index contributed by atoms with van der Waals surface area (Å²) in [6.07, 6.45) is 0.320. The summed E-state index contributed by atoms with van der Waals surface area (Å²) >= 11 is 0. The van der Waals surface area contributed by atoms with E-state index >= 15 is 0 Å². The zero-order valence-electron chi connectivity index (χ0n) is 12.2. The molecule has 2 rings (SSSR count). The van der Waals surface area contributed by atoms with Gasteiger partial charge in [0.15, 0.2) is 0 Å². The van der Waals surface area contributed by atoms with E-state index in [9.17, 15) is 21.6 Å². The highest BCUT2D eigenvalue weighted by atomic mass is 32.2. The third-order valence-electron chi connectivity index (χ3n) is 3.12. The highest BCUT2D eigenvalue weighted by molar-refractivity contribution is 7.92. The van der Waals surface area contributed by atoms with Crippen LogP contribution in [0.5, 0.6) is 0 Å². The Kier molecular flexibility index (Phi) is 4.81. The van der Waals surface area contributed by atoms with Crippen LogP contribution in [0.2, 0.25) is 0 Å². The Morgan fingerprint density at radius 3 is 2.04 bits per heavy atom. The molecule has 0 saturated heterocycles. The molecule has 0 unspecified atom stereocenters. The number of hydrogen-bond acceptors (Lipinski definition) is 2. The van der Waals surface area contributed by atoms with E-state index in [4.69, 9.17) is 0 Å². The van der Waals surface area contributed by atoms with Gasteiger partial charge in [0.1, 0.15) is 0 Å². The topological polar surface area (TPSA) is 34.1 Å². The van der Waals surface area contributed by atoms with Crippen molar-refractivity contribution in [1.82, 2.24) is 0 Å². The summed E-state index contributed by atoms with van der Waals surface area (Å²) in [4.78, 5) is -0.764. The van der Waals surface area contributed by atoms with Crippen LogP contribution in [0.3, 0.4) is 0 Å². The van der Waals surface area contributed by atoms with Crippen LogP contribution in [0, 0.1) is 18.8 Å². The van der Waals surface area contributed by atoms with Crippen LogP contribution >= 0.6 is 0 Å². The van der Waals surface area contributed by atoms with Crippen LogP contribution in [-0.4, -0.2) is 13.9 Å². The summed E-state index contributed by atoms with van der Waals surface area (Å²) < 4.78 is 59.8. The zero-order chi connectivity index (χ0) is 17.1. The molecule has 0 atom stereocenters. The predicted octanol–water partition coefficient (Wildman–Crippen LogP) is 3.88. The van der Waals surface area contributed by atoms with Crippen molar-refractivity contribution in [3.8, 4) is 11.8 Å². The third kappa shape index (κ3) is 4.14. The van der Waals surface area contributed by atoms with Crippen molar-refractivity contribution in [2.45, 2.75) is 23.7 Å². The fourth-order valence-electron chi connectivity index (χ4n) is 1.81. The van der Waals surface area contributed by atoms with Crippen LogP contribution < -0.4 is 0 Å². The zero-order valence-corrected chi connectivity index (χ0v) is 13.0. The minimum atomic E-state index is -5.30. The van der Waals surface area contributed by atoms with Gasteiger partial charge in [-0.25, -0.2) is 8.42 Å². The molecule has 0 amide bonds. The monoisotopic (exact) mass is 338 g/mol. The van der Waals surface area contributed by atoms with Crippen LogP contribution in [0.4, 0.5) is 13.2 Å². The lowest BCUT2D eigenvalue weighted by molar-refractivity contribution is -0.0436. The van der Waals surface area contributed by atoms with Crippen molar-refractivity contribution >= 4 is 9.84 Å². The number of rotatable bonds is 2. The second-order valence-corrected chi connectivity index (χ2v) is 6.88. The quantitative estimate of drug-likeness (QED) is 0.779. The first-order valence-electron chi connectivity index (χ1n) is 6.66. The predicted molar refractivity (Wildman–Crippen MR) is 81.4 cm³/mol. The average molecular weight is 338 g/mol. The summed E-state index contributed by atoms with van der Waals surface area (Å²) in [6.45, 7) is 1.97. The van der Waals surface area contributed by atoms with E-state index in [1.807, 2.05) is 31.2 Å². The molecule has 120 valence electrons. The summed E-state index contributed by atoms with van der Waals surface area (Å²) in [7, 11) is -5.30. The molecule has 0 aliphatic heterocycles. The molecule has 0 spiro atoms. The second kappa shape index (κ2) is 6.47. The number of sulfone groups is 1. The van der Waals surface area contributed by atoms with Gasteiger partial charge >= 0.3 is 5.51 Å². The van der Waals surface area contributed by atoms with Gasteiger partial charge in [-0.05, 0) is 36.8 Å². The van der Waals surface area contributed by atoms with Gasteiger partial charge in [-0.2, -0.15) is 13.2 Å². The lowest BCUT2D eigenvalue weighted by Gasteiger charge is -2.08. The smallest absolute Gasteiger partial charge is 0.214 e. The SMILES string of the molecule is Cc1ccc(C#CCc2ccc(S(=O)(=O)C(F)(F)F)cc2)cc1. The second-order valence-electron chi connectivity index (χ2n) is 4.94. The Morgan fingerprint density at radius 1 is 0.957 bits per heavy atom. The maximum atomic E-state index is 12.4. The average Bonchev–Trinajstić information content (AvgIpc) is 2.49. The minimum Gasteiger partial charge on any atom is -0.214 e. The molecule has 6 heteroatoms. The highest BCUT2D eigenvalue weighted by Gasteiger charge is 2.46. The van der Waals surface area contributed by atoms with Gasteiger partial charge in [0.2, 0.25) is 0 Å². The molecule has 0 aliphatic carbocycles. The molecule has 2 aromatic rings. The molecule has 0 N–H and O–H groups in total. The maximum absolute atomic E-state index is 12.4.